The Morgan fingerprint density at radius 1 is 1.17 bits per heavy atom. The molecule has 30 heavy (non-hydrogen) atoms. The number of hydrogen-bond donors (Lipinski definition) is 0. The monoisotopic (exact) mass is 444 g/mol. The van der Waals surface area contributed by atoms with E-state index in [2.05, 4.69) is 5.10 Å². The molecule has 3 heterocycles. The summed E-state index contributed by atoms with van der Waals surface area (Å²) in [6, 6.07) is 13.7. The molecule has 0 N–H and O–H groups in total. The summed E-state index contributed by atoms with van der Waals surface area (Å²) in [5.41, 5.74) is 3.43. The fraction of sp³-hybridized carbons (Fsp3) is 0.364. The van der Waals surface area contributed by atoms with Crippen molar-refractivity contribution in [2.24, 2.45) is 7.05 Å². The lowest BCUT2D eigenvalue weighted by Gasteiger charge is -2.31. The molecule has 158 valence electrons. The van der Waals surface area contributed by atoms with Crippen molar-refractivity contribution in [1.82, 2.24) is 19.1 Å². The number of aryl methyl sites for hydroxylation is 2. The average molecular weight is 445 g/mol. The maximum Gasteiger partial charge on any atom is 0.246 e. The Kier molecular flexibility index (Phi) is 5.95. The van der Waals surface area contributed by atoms with Gasteiger partial charge in [-0.15, -0.1) is 0 Å². The lowest BCUT2D eigenvalue weighted by molar-refractivity contribution is 0.312. The third-order valence-corrected chi connectivity index (χ3v) is 7.88. The zero-order chi connectivity index (χ0) is 21.3. The van der Waals surface area contributed by atoms with E-state index in [0.29, 0.717) is 25.2 Å². The molecule has 6 nitrogen and oxygen atoms in total. The zero-order valence-electron chi connectivity index (χ0n) is 17.1. The first-order valence-electron chi connectivity index (χ1n) is 10.0. The number of hydrogen-bond acceptors (Lipinski definition) is 4. The molecular weight excluding hydrogens is 420 g/mol. The van der Waals surface area contributed by atoms with Crippen LogP contribution in [0.25, 0.3) is 0 Å². The van der Waals surface area contributed by atoms with Crippen molar-refractivity contribution in [3.05, 3.63) is 76.3 Å². The second-order valence-electron chi connectivity index (χ2n) is 7.78. The first-order valence-corrected chi connectivity index (χ1v) is 11.9. The fourth-order valence-corrected chi connectivity index (χ4v) is 5.96. The number of nitrogens with zero attached hydrogens (tertiary/aromatic N) is 4. The second kappa shape index (κ2) is 8.49. The highest BCUT2D eigenvalue weighted by atomic mass is 35.5. The Morgan fingerprint density at radius 2 is 1.97 bits per heavy atom. The summed E-state index contributed by atoms with van der Waals surface area (Å²) in [6.07, 6.45) is 3.95. The van der Waals surface area contributed by atoms with Crippen molar-refractivity contribution in [3.8, 4) is 0 Å². The first kappa shape index (κ1) is 21.0. The molecule has 2 aromatic heterocycles. The van der Waals surface area contributed by atoms with Crippen LogP contribution in [0.5, 0.6) is 0 Å². The summed E-state index contributed by atoms with van der Waals surface area (Å²) in [6.45, 7) is 2.68. The number of sulfonamides is 1. The number of benzene rings is 1. The minimum atomic E-state index is -3.57. The van der Waals surface area contributed by atoms with Gasteiger partial charge in [0.2, 0.25) is 10.0 Å². The van der Waals surface area contributed by atoms with Crippen LogP contribution in [0.2, 0.25) is 5.02 Å². The third-order valence-electron chi connectivity index (χ3n) is 5.55. The minimum Gasteiger partial charge on any atom is -0.274 e. The molecule has 0 saturated carbocycles. The summed E-state index contributed by atoms with van der Waals surface area (Å²) in [7, 11) is -1.84. The van der Waals surface area contributed by atoms with E-state index in [0.717, 1.165) is 34.8 Å². The molecule has 0 bridgehead atoms. The highest BCUT2D eigenvalue weighted by Crippen LogP contribution is 2.30. The predicted molar refractivity (Wildman–Crippen MR) is 117 cm³/mol. The van der Waals surface area contributed by atoms with E-state index in [9.17, 15) is 8.42 Å². The van der Waals surface area contributed by atoms with Crippen LogP contribution in [0.15, 0.2) is 53.6 Å². The van der Waals surface area contributed by atoms with Crippen LogP contribution in [0.4, 0.5) is 0 Å². The van der Waals surface area contributed by atoms with Crippen LogP contribution >= 0.6 is 11.6 Å². The summed E-state index contributed by atoms with van der Waals surface area (Å²) in [5.74, 6) is 0.0664. The van der Waals surface area contributed by atoms with Crippen molar-refractivity contribution in [3.63, 3.8) is 0 Å². The van der Waals surface area contributed by atoms with E-state index in [4.69, 9.17) is 16.6 Å². The maximum absolute atomic E-state index is 13.2. The van der Waals surface area contributed by atoms with E-state index in [1.807, 2.05) is 42.5 Å². The van der Waals surface area contributed by atoms with Crippen LogP contribution in [-0.4, -0.2) is 40.6 Å². The maximum atomic E-state index is 13.2. The van der Waals surface area contributed by atoms with Crippen molar-refractivity contribution in [1.29, 1.82) is 0 Å². The first-order chi connectivity index (χ1) is 14.3. The Hall–Kier alpha value is -2.22. The summed E-state index contributed by atoms with van der Waals surface area (Å²) >= 11 is 6.30. The van der Waals surface area contributed by atoms with E-state index in [1.165, 1.54) is 0 Å². The van der Waals surface area contributed by atoms with Gasteiger partial charge in [-0.1, -0.05) is 35.9 Å². The second-order valence-corrected chi connectivity index (χ2v) is 10.1. The van der Waals surface area contributed by atoms with Gasteiger partial charge in [0, 0.05) is 55.1 Å². The number of aromatic nitrogens is 3. The van der Waals surface area contributed by atoms with E-state index >= 15 is 0 Å². The molecule has 3 aromatic rings. The molecule has 8 heteroatoms. The number of rotatable bonds is 5. The summed E-state index contributed by atoms with van der Waals surface area (Å²) in [5, 5.41) is 4.92. The van der Waals surface area contributed by atoms with Gasteiger partial charge in [0.25, 0.3) is 0 Å². The lowest BCUT2D eigenvalue weighted by Crippen LogP contribution is -2.39. The molecule has 1 atom stereocenters. The molecular formula is C22H25ClN4O2S. The Morgan fingerprint density at radius 3 is 2.70 bits per heavy atom. The van der Waals surface area contributed by atoms with E-state index < -0.39 is 10.0 Å². The topological polar surface area (TPSA) is 68.1 Å². The normalized spacial score (nSPS) is 17.9. The zero-order valence-corrected chi connectivity index (χ0v) is 18.7. The van der Waals surface area contributed by atoms with Crippen LogP contribution in [0.3, 0.4) is 0 Å². The van der Waals surface area contributed by atoms with Gasteiger partial charge in [-0.3, -0.25) is 9.67 Å². The largest absolute Gasteiger partial charge is 0.274 e. The van der Waals surface area contributed by atoms with Crippen LogP contribution in [0.1, 0.15) is 41.4 Å². The van der Waals surface area contributed by atoms with Crippen LogP contribution in [0, 0.1) is 6.92 Å². The van der Waals surface area contributed by atoms with Crippen molar-refractivity contribution in [2.45, 2.75) is 37.0 Å². The molecule has 0 radical (unpaired) electrons. The van der Waals surface area contributed by atoms with Gasteiger partial charge in [0.1, 0.15) is 4.90 Å². The van der Waals surface area contributed by atoms with Gasteiger partial charge in [0.05, 0.1) is 5.69 Å². The summed E-state index contributed by atoms with van der Waals surface area (Å²) in [4.78, 5) is 5.13. The van der Waals surface area contributed by atoms with Gasteiger partial charge in [-0.25, -0.2) is 8.42 Å². The molecule has 0 aliphatic carbocycles. The minimum absolute atomic E-state index is 0.0664. The SMILES string of the molecule is Cc1nn(C)cc1S(=O)(=O)N1CCC[C@H](c2cccc(Cc3ccccc3Cl)n2)C1. The highest BCUT2D eigenvalue weighted by molar-refractivity contribution is 7.89. The van der Waals surface area contributed by atoms with E-state index in [-0.39, 0.29) is 10.8 Å². The number of piperidine rings is 1. The van der Waals surface area contributed by atoms with Crippen molar-refractivity contribution < 1.29 is 8.42 Å². The molecule has 1 aromatic carbocycles. The Labute approximate surface area is 182 Å². The van der Waals surface area contributed by atoms with Crippen molar-refractivity contribution in [2.75, 3.05) is 13.1 Å². The van der Waals surface area contributed by atoms with Gasteiger partial charge in [-0.2, -0.15) is 9.40 Å². The Balaban J connectivity index is 1.55. The molecule has 1 saturated heterocycles. The van der Waals surface area contributed by atoms with Crippen LogP contribution in [-0.2, 0) is 23.5 Å². The average Bonchev–Trinajstić information content (AvgIpc) is 3.09. The quantitative estimate of drug-likeness (QED) is 0.597. The molecule has 1 aliphatic heterocycles. The third kappa shape index (κ3) is 4.29. The molecule has 4 rings (SSSR count). The van der Waals surface area contributed by atoms with Crippen LogP contribution < -0.4 is 0 Å². The lowest BCUT2D eigenvalue weighted by atomic mass is 9.95. The van der Waals surface area contributed by atoms with Gasteiger partial charge in [0.15, 0.2) is 0 Å². The number of pyridine rings is 1. The standard InChI is InChI=1S/C22H25ClN4O2S/c1-16-22(15-26(2)25-16)30(28,29)27-12-6-8-18(14-27)21-11-5-9-19(24-21)13-17-7-3-4-10-20(17)23/h3-5,7,9-11,15,18H,6,8,12-14H2,1-2H3/t18-/m0/s1. The number of halogens is 1. The van der Waals surface area contributed by atoms with Crippen molar-refractivity contribution >= 4 is 21.6 Å². The molecule has 1 fully saturated rings. The molecule has 0 spiro atoms. The van der Waals surface area contributed by atoms with Gasteiger partial charge >= 0.3 is 0 Å². The smallest absolute Gasteiger partial charge is 0.246 e. The fourth-order valence-electron chi connectivity index (χ4n) is 4.03. The summed E-state index contributed by atoms with van der Waals surface area (Å²) < 4.78 is 29.5. The molecule has 0 amide bonds. The Bertz CT molecular complexity index is 1160. The predicted octanol–water partition coefficient (Wildman–Crippen LogP) is 3.94. The highest BCUT2D eigenvalue weighted by Gasteiger charge is 2.33. The molecule has 0 unspecified atom stereocenters. The van der Waals surface area contributed by atoms with Gasteiger partial charge in [-0.05, 0) is 43.5 Å². The van der Waals surface area contributed by atoms with Gasteiger partial charge < -0.3 is 0 Å². The van der Waals surface area contributed by atoms with E-state index in [1.54, 1.807) is 29.2 Å². The molecule has 1 aliphatic rings.